The van der Waals surface area contributed by atoms with Crippen molar-refractivity contribution in [1.29, 1.82) is 0 Å². The number of aryl methyl sites for hydroxylation is 1. The number of likely N-dealkylation sites (tertiary alicyclic amines) is 1. The molecule has 2 N–H and O–H groups in total. The van der Waals surface area contributed by atoms with Crippen LogP contribution < -0.4 is 10.1 Å². The Morgan fingerprint density at radius 2 is 2.07 bits per heavy atom. The van der Waals surface area contributed by atoms with Gasteiger partial charge in [-0.2, -0.15) is 0 Å². The Hall–Kier alpha value is -3.61. The monoisotopic (exact) mass is 402 g/mol. The minimum absolute atomic E-state index is 0.0763. The summed E-state index contributed by atoms with van der Waals surface area (Å²) < 4.78 is 5.43. The smallest absolute Gasteiger partial charge is 0.272 e. The molecule has 7 nitrogen and oxygen atoms in total. The van der Waals surface area contributed by atoms with E-state index in [2.05, 4.69) is 15.3 Å². The highest BCUT2D eigenvalue weighted by Gasteiger charge is 2.59. The van der Waals surface area contributed by atoms with E-state index in [-0.39, 0.29) is 11.8 Å². The van der Waals surface area contributed by atoms with E-state index < -0.39 is 11.5 Å². The van der Waals surface area contributed by atoms with Crippen LogP contribution in [-0.2, 0) is 10.2 Å². The fraction of sp³-hybridized carbons (Fsp3) is 0.261. The van der Waals surface area contributed by atoms with E-state index in [0.29, 0.717) is 30.2 Å². The number of nitrogens with zero attached hydrogens (tertiary/aromatic N) is 2. The number of carbonyl (C=O) groups is 2. The fourth-order valence-corrected chi connectivity index (χ4v) is 4.86. The first-order valence-electron chi connectivity index (χ1n) is 9.92. The van der Waals surface area contributed by atoms with Crippen LogP contribution in [0.4, 0.5) is 5.69 Å². The Morgan fingerprint density at radius 3 is 2.83 bits per heavy atom. The Morgan fingerprint density at radius 1 is 1.23 bits per heavy atom. The number of para-hydroxylation sites is 1. The van der Waals surface area contributed by atoms with Gasteiger partial charge in [0.2, 0.25) is 5.91 Å². The van der Waals surface area contributed by atoms with E-state index >= 15 is 0 Å². The van der Waals surface area contributed by atoms with Gasteiger partial charge in [0.1, 0.15) is 22.7 Å². The topological polar surface area (TPSA) is 87.3 Å². The molecule has 2 aromatic carbocycles. The van der Waals surface area contributed by atoms with Gasteiger partial charge in [-0.1, -0.05) is 30.3 Å². The number of fused-ring (bicyclic) bond motifs is 2. The first-order valence-corrected chi connectivity index (χ1v) is 9.92. The maximum atomic E-state index is 13.4. The highest BCUT2D eigenvalue weighted by Crippen LogP contribution is 2.55. The molecule has 1 spiro atoms. The first-order chi connectivity index (χ1) is 14.5. The molecule has 0 bridgehead atoms. The van der Waals surface area contributed by atoms with Crippen LogP contribution in [0.25, 0.3) is 0 Å². The Labute approximate surface area is 174 Å². The SMILES string of the molecule is COc1cccc(C2N(C(=O)c3cnc(C)[nH]3)CCC23C(=O)Nc2ccccc23)c1. The molecule has 2 aliphatic rings. The van der Waals surface area contributed by atoms with Crippen molar-refractivity contribution in [3.8, 4) is 5.75 Å². The number of rotatable bonds is 3. The quantitative estimate of drug-likeness (QED) is 0.704. The zero-order valence-corrected chi connectivity index (χ0v) is 16.8. The third-order valence-electron chi connectivity index (χ3n) is 6.19. The number of hydrogen-bond acceptors (Lipinski definition) is 4. The van der Waals surface area contributed by atoms with E-state index in [1.165, 1.54) is 0 Å². The number of hydrogen-bond donors (Lipinski definition) is 2. The number of H-pyrrole nitrogens is 1. The number of ether oxygens (including phenoxy) is 1. The average Bonchev–Trinajstić information content (AvgIpc) is 3.45. The van der Waals surface area contributed by atoms with Crippen LogP contribution in [-0.4, -0.2) is 40.3 Å². The normalized spacial score (nSPS) is 22.3. The second-order valence-corrected chi connectivity index (χ2v) is 7.78. The van der Waals surface area contributed by atoms with Gasteiger partial charge < -0.3 is 19.9 Å². The molecule has 2 atom stereocenters. The summed E-state index contributed by atoms with van der Waals surface area (Å²) >= 11 is 0. The summed E-state index contributed by atoms with van der Waals surface area (Å²) in [6, 6.07) is 14.9. The van der Waals surface area contributed by atoms with Gasteiger partial charge in [0.05, 0.1) is 19.3 Å². The van der Waals surface area contributed by atoms with Crippen molar-refractivity contribution in [2.45, 2.75) is 24.8 Å². The molecule has 3 aromatic rings. The van der Waals surface area contributed by atoms with Crippen molar-refractivity contribution in [2.24, 2.45) is 0 Å². The number of nitrogens with one attached hydrogen (secondary N) is 2. The molecular weight excluding hydrogens is 380 g/mol. The lowest BCUT2D eigenvalue weighted by atomic mass is 9.72. The van der Waals surface area contributed by atoms with E-state index in [1.807, 2.05) is 55.5 Å². The van der Waals surface area contributed by atoms with E-state index in [0.717, 1.165) is 16.8 Å². The lowest BCUT2D eigenvalue weighted by Gasteiger charge is -2.34. The third kappa shape index (κ3) is 2.55. The van der Waals surface area contributed by atoms with Crippen molar-refractivity contribution < 1.29 is 14.3 Å². The summed E-state index contributed by atoms with van der Waals surface area (Å²) in [5.41, 5.74) is 2.17. The van der Waals surface area contributed by atoms with Gasteiger partial charge >= 0.3 is 0 Å². The molecule has 152 valence electrons. The van der Waals surface area contributed by atoms with Crippen molar-refractivity contribution >= 4 is 17.5 Å². The molecule has 1 aromatic heterocycles. The zero-order valence-electron chi connectivity index (χ0n) is 16.8. The molecule has 5 rings (SSSR count). The third-order valence-corrected chi connectivity index (χ3v) is 6.19. The van der Waals surface area contributed by atoms with Crippen LogP contribution in [0.3, 0.4) is 0 Å². The number of amides is 2. The maximum Gasteiger partial charge on any atom is 0.272 e. The van der Waals surface area contributed by atoms with E-state index in [9.17, 15) is 9.59 Å². The molecule has 30 heavy (non-hydrogen) atoms. The summed E-state index contributed by atoms with van der Waals surface area (Å²) in [5.74, 6) is 1.12. The van der Waals surface area contributed by atoms with Gasteiger partial charge in [-0.25, -0.2) is 4.98 Å². The molecule has 2 amide bonds. The van der Waals surface area contributed by atoms with E-state index in [1.54, 1.807) is 18.2 Å². The van der Waals surface area contributed by atoms with Crippen LogP contribution >= 0.6 is 0 Å². The standard InChI is InChI=1S/C23H22N4O3/c1-14-24-13-19(25-14)21(28)27-11-10-23(17-8-3-4-9-18(17)26-22(23)29)20(27)15-6-5-7-16(12-15)30-2/h3-9,12-13,20H,10-11H2,1-2H3,(H,24,25)(H,26,29). The molecule has 0 saturated carbocycles. The predicted molar refractivity (Wildman–Crippen MR) is 111 cm³/mol. The minimum atomic E-state index is -0.853. The first kappa shape index (κ1) is 18.4. The van der Waals surface area contributed by atoms with Gasteiger partial charge in [0, 0.05) is 12.2 Å². The maximum absolute atomic E-state index is 13.4. The number of aromatic nitrogens is 2. The molecular formula is C23H22N4O3. The number of aromatic amines is 1. The largest absolute Gasteiger partial charge is 0.497 e. The van der Waals surface area contributed by atoms with Crippen molar-refractivity contribution in [2.75, 3.05) is 19.0 Å². The van der Waals surface area contributed by atoms with Gasteiger partial charge in [-0.3, -0.25) is 9.59 Å². The summed E-state index contributed by atoms with van der Waals surface area (Å²) in [7, 11) is 1.61. The molecule has 0 aliphatic carbocycles. The molecule has 3 heterocycles. The molecule has 2 aliphatic heterocycles. The molecule has 2 unspecified atom stereocenters. The number of carbonyl (C=O) groups excluding carboxylic acids is 2. The summed E-state index contributed by atoms with van der Waals surface area (Å²) in [6.07, 6.45) is 2.09. The number of methoxy groups -OCH3 is 1. The minimum Gasteiger partial charge on any atom is -0.497 e. The van der Waals surface area contributed by atoms with Crippen LogP contribution in [0.15, 0.2) is 54.7 Å². The number of benzene rings is 2. The summed E-state index contributed by atoms with van der Waals surface area (Å²) in [6.45, 7) is 2.27. The fourth-order valence-electron chi connectivity index (χ4n) is 4.86. The van der Waals surface area contributed by atoms with Gasteiger partial charge in [-0.15, -0.1) is 0 Å². The van der Waals surface area contributed by atoms with Gasteiger partial charge in [-0.05, 0) is 42.7 Å². The lowest BCUT2D eigenvalue weighted by Crippen LogP contribution is -2.42. The number of imidazole rings is 1. The van der Waals surface area contributed by atoms with Crippen molar-refractivity contribution in [3.63, 3.8) is 0 Å². The average molecular weight is 402 g/mol. The van der Waals surface area contributed by atoms with Gasteiger partial charge in [0.15, 0.2) is 0 Å². The Bertz CT molecular complexity index is 1150. The van der Waals surface area contributed by atoms with E-state index in [4.69, 9.17) is 4.74 Å². The highest BCUT2D eigenvalue weighted by atomic mass is 16.5. The highest BCUT2D eigenvalue weighted by molar-refractivity contribution is 6.08. The predicted octanol–water partition coefficient (Wildman–Crippen LogP) is 3.20. The van der Waals surface area contributed by atoms with Crippen LogP contribution in [0.2, 0.25) is 0 Å². The van der Waals surface area contributed by atoms with Crippen molar-refractivity contribution in [3.05, 3.63) is 77.4 Å². The summed E-state index contributed by atoms with van der Waals surface area (Å²) in [4.78, 5) is 35.8. The Kier molecular flexibility index (Phi) is 4.13. The van der Waals surface area contributed by atoms with Crippen LogP contribution in [0.5, 0.6) is 5.75 Å². The van der Waals surface area contributed by atoms with Crippen LogP contribution in [0, 0.1) is 6.92 Å². The van der Waals surface area contributed by atoms with Gasteiger partial charge in [0.25, 0.3) is 5.91 Å². The summed E-state index contributed by atoms with van der Waals surface area (Å²) in [5, 5.41) is 3.03. The molecule has 0 radical (unpaired) electrons. The zero-order chi connectivity index (χ0) is 20.9. The lowest BCUT2D eigenvalue weighted by molar-refractivity contribution is -0.121. The molecule has 7 heteroatoms. The Balaban J connectivity index is 1.68. The number of anilines is 1. The second kappa shape index (κ2) is 6.73. The second-order valence-electron chi connectivity index (χ2n) is 7.78. The van der Waals surface area contributed by atoms with Crippen LogP contribution in [0.1, 0.15) is 39.9 Å². The molecule has 1 fully saturated rings. The van der Waals surface area contributed by atoms with Crippen molar-refractivity contribution in [1.82, 2.24) is 14.9 Å². The molecule has 1 saturated heterocycles.